The molecule has 8 aromatic heterocycles. The SMILES string of the molecule is COCCNC1CCN(Cc2cc(Cc3cc(Nc4ncnn5ccc(CN6CCC(C)(O)CC6)c45)ccc3Oc3ccn4ncnc4c3)n3ncnc(Nc4ccc(Oc5ccn6ncnc6c5)c(C)c4)c23)CC1. The van der Waals surface area contributed by atoms with Gasteiger partial charge in [-0.15, -0.1) is 0 Å². The van der Waals surface area contributed by atoms with E-state index in [-0.39, 0.29) is 0 Å². The normalized spacial score (nSPS) is 15.6. The highest BCUT2D eigenvalue weighted by Crippen LogP contribution is 2.36. The van der Waals surface area contributed by atoms with Crippen LogP contribution in [0.2, 0.25) is 0 Å². The van der Waals surface area contributed by atoms with Gasteiger partial charge in [-0.1, -0.05) is 0 Å². The summed E-state index contributed by atoms with van der Waals surface area (Å²) in [4.78, 5) is 23.3. The second-order valence-electron chi connectivity index (χ2n) is 19.8. The van der Waals surface area contributed by atoms with Gasteiger partial charge in [-0.2, -0.15) is 20.4 Å². The Kier molecular flexibility index (Phi) is 13.2. The van der Waals surface area contributed by atoms with Gasteiger partial charge in [0, 0.05) is 106 Å². The second-order valence-corrected chi connectivity index (χ2v) is 19.8. The smallest absolute Gasteiger partial charge is 0.158 e. The molecule has 0 atom stereocenters. The van der Waals surface area contributed by atoms with E-state index in [4.69, 9.17) is 29.3 Å². The molecule has 0 bridgehead atoms. The number of aryl methyl sites for hydroxylation is 1. The predicted octanol–water partition coefficient (Wildman–Crippen LogP) is 7.38. The van der Waals surface area contributed by atoms with Crippen LogP contribution >= 0.6 is 0 Å². The van der Waals surface area contributed by atoms with E-state index in [0.29, 0.717) is 65.8 Å². The first kappa shape index (κ1) is 47.9. The van der Waals surface area contributed by atoms with E-state index in [0.717, 1.165) is 121 Å². The highest BCUT2D eigenvalue weighted by Gasteiger charge is 2.28. The Morgan fingerprint density at radius 2 is 1.23 bits per heavy atom. The number of pyridine rings is 2. The lowest BCUT2D eigenvalue weighted by Crippen LogP contribution is -2.43. The quantitative estimate of drug-likeness (QED) is 0.0618. The number of methoxy groups -OCH3 is 1. The second kappa shape index (κ2) is 20.7. The fraction of sp³-hybridized carbons (Fsp3) is 0.333. The standard InChI is InChI=1S/C54H59N17O4/c1-36-24-41(4-6-46(36)74-44-11-19-68-48(28-44)56-32-60-68)64-53-51-39(31-66-16-9-40(10-17-66)55-15-23-73-3)27-43(71(51)63-35-59-53)26-38-25-42(5-7-47(38)75-45-12-20-69-49(29-45)57-33-61-69)65-52-50-37(8-18-70(50)62-34-58-52)30-67-21-13-54(2,72)14-22-67/h4-8,11-12,18-20,24-25,27-29,32-35,40,55,72H,9-10,13-17,21-23,26,30-31H2,1-3H3,(H,58,62,65)(H,59,63,64). The Morgan fingerprint density at radius 1 is 0.627 bits per heavy atom. The van der Waals surface area contributed by atoms with Gasteiger partial charge in [0.2, 0.25) is 0 Å². The van der Waals surface area contributed by atoms with Crippen molar-refractivity contribution in [2.45, 2.75) is 70.7 Å². The van der Waals surface area contributed by atoms with Crippen molar-refractivity contribution >= 4 is 45.3 Å². The average Bonchev–Trinajstić information content (AvgIpc) is 4.25. The molecule has 384 valence electrons. The number of aliphatic hydroxyl groups is 1. The van der Waals surface area contributed by atoms with E-state index in [1.54, 1.807) is 28.8 Å². The van der Waals surface area contributed by atoms with Crippen molar-refractivity contribution in [1.29, 1.82) is 0 Å². The van der Waals surface area contributed by atoms with Crippen LogP contribution in [0.4, 0.5) is 23.0 Å². The first-order chi connectivity index (χ1) is 36.7. The average molecular weight is 1010 g/mol. The van der Waals surface area contributed by atoms with Crippen molar-refractivity contribution < 1.29 is 19.3 Å². The molecule has 12 rings (SSSR count). The third-order valence-electron chi connectivity index (χ3n) is 14.4. The van der Waals surface area contributed by atoms with Crippen LogP contribution in [0, 0.1) is 6.92 Å². The van der Waals surface area contributed by atoms with Crippen molar-refractivity contribution in [3.8, 4) is 23.0 Å². The molecule has 0 saturated carbocycles. The zero-order valence-electron chi connectivity index (χ0n) is 42.2. The lowest BCUT2D eigenvalue weighted by molar-refractivity contribution is -0.00720. The molecule has 0 amide bonds. The van der Waals surface area contributed by atoms with Crippen LogP contribution in [0.25, 0.3) is 22.3 Å². The van der Waals surface area contributed by atoms with Gasteiger partial charge >= 0.3 is 0 Å². The van der Waals surface area contributed by atoms with Gasteiger partial charge < -0.3 is 35.3 Å². The summed E-state index contributed by atoms with van der Waals surface area (Å²) in [6.45, 7) is 10.4. The summed E-state index contributed by atoms with van der Waals surface area (Å²) >= 11 is 0. The minimum atomic E-state index is -0.632. The maximum atomic E-state index is 10.6. The molecule has 2 aliphatic heterocycles. The molecule has 0 spiro atoms. The fourth-order valence-electron chi connectivity index (χ4n) is 10.3. The number of benzene rings is 2. The Bertz CT molecular complexity index is 3620. The van der Waals surface area contributed by atoms with Gasteiger partial charge in [0.25, 0.3) is 0 Å². The third-order valence-corrected chi connectivity index (χ3v) is 14.4. The molecule has 2 fully saturated rings. The van der Waals surface area contributed by atoms with Crippen LogP contribution in [-0.4, -0.2) is 131 Å². The Morgan fingerprint density at radius 3 is 1.93 bits per heavy atom. The molecule has 21 heteroatoms. The van der Waals surface area contributed by atoms with Crippen LogP contribution in [0.1, 0.15) is 60.6 Å². The number of rotatable bonds is 18. The molecular formula is C54H59N17O4. The van der Waals surface area contributed by atoms with Crippen molar-refractivity contribution in [3.63, 3.8) is 0 Å². The Labute approximate surface area is 432 Å². The van der Waals surface area contributed by atoms with Crippen molar-refractivity contribution in [2.24, 2.45) is 0 Å². The summed E-state index contributed by atoms with van der Waals surface area (Å²) in [6.07, 6.45) is 15.9. The lowest BCUT2D eigenvalue weighted by Gasteiger charge is -2.35. The van der Waals surface area contributed by atoms with E-state index in [1.807, 2.05) is 90.0 Å². The molecular weight excluding hydrogens is 951 g/mol. The third kappa shape index (κ3) is 10.5. The van der Waals surface area contributed by atoms with E-state index in [2.05, 4.69) is 75.3 Å². The zero-order chi connectivity index (χ0) is 50.9. The number of hydrogen-bond acceptors (Lipinski definition) is 17. The number of hydrogen-bond donors (Lipinski definition) is 4. The van der Waals surface area contributed by atoms with Gasteiger partial charge in [-0.25, -0.2) is 38.0 Å². The molecule has 4 N–H and O–H groups in total. The number of fused-ring (bicyclic) bond motifs is 4. The van der Waals surface area contributed by atoms with E-state index in [1.165, 1.54) is 12.7 Å². The molecule has 75 heavy (non-hydrogen) atoms. The number of nitrogens with zero attached hydrogens (tertiary/aromatic N) is 14. The number of aromatic nitrogens is 12. The molecule has 0 radical (unpaired) electrons. The molecule has 21 nitrogen and oxygen atoms in total. The summed E-state index contributed by atoms with van der Waals surface area (Å²) in [5.74, 6) is 4.08. The van der Waals surface area contributed by atoms with Crippen LogP contribution in [0.3, 0.4) is 0 Å². The largest absolute Gasteiger partial charge is 0.457 e. The maximum Gasteiger partial charge on any atom is 0.158 e. The molecule has 0 aliphatic carbocycles. The number of piperidine rings is 2. The van der Waals surface area contributed by atoms with Gasteiger partial charge in [-0.3, -0.25) is 9.80 Å². The predicted molar refractivity (Wildman–Crippen MR) is 282 cm³/mol. The fourth-order valence-corrected chi connectivity index (χ4v) is 10.3. The minimum Gasteiger partial charge on any atom is -0.457 e. The first-order valence-corrected chi connectivity index (χ1v) is 25.4. The minimum absolute atomic E-state index is 0.444. The van der Waals surface area contributed by atoms with Gasteiger partial charge in [0.05, 0.1) is 12.2 Å². The number of anilines is 4. The zero-order valence-corrected chi connectivity index (χ0v) is 42.2. The van der Waals surface area contributed by atoms with Crippen LogP contribution in [0.5, 0.6) is 23.0 Å². The van der Waals surface area contributed by atoms with E-state index >= 15 is 0 Å². The van der Waals surface area contributed by atoms with Crippen molar-refractivity contribution in [3.05, 3.63) is 145 Å². The van der Waals surface area contributed by atoms with Crippen LogP contribution < -0.4 is 25.4 Å². The topological polar surface area (TPSA) is 211 Å². The molecule has 2 aromatic carbocycles. The van der Waals surface area contributed by atoms with Crippen LogP contribution in [0.15, 0.2) is 117 Å². The first-order valence-electron chi connectivity index (χ1n) is 25.4. The highest BCUT2D eigenvalue weighted by molar-refractivity contribution is 5.79. The van der Waals surface area contributed by atoms with Crippen molar-refractivity contribution in [1.82, 2.24) is 73.5 Å². The molecule has 2 aliphatic rings. The Balaban J connectivity index is 0.880. The molecule has 10 heterocycles. The number of likely N-dealkylation sites (tertiary alicyclic amines) is 2. The van der Waals surface area contributed by atoms with Crippen molar-refractivity contribution in [2.75, 3.05) is 57.1 Å². The van der Waals surface area contributed by atoms with Crippen LogP contribution in [-0.2, 0) is 24.2 Å². The molecule has 2 saturated heterocycles. The Hall–Kier alpha value is -8.08. The highest BCUT2D eigenvalue weighted by atomic mass is 16.5. The summed E-state index contributed by atoms with van der Waals surface area (Å²) in [6, 6.07) is 24.5. The maximum absolute atomic E-state index is 10.6. The van der Waals surface area contributed by atoms with Gasteiger partial charge in [0.1, 0.15) is 59.3 Å². The summed E-state index contributed by atoms with van der Waals surface area (Å²) < 4.78 is 25.7. The van der Waals surface area contributed by atoms with Gasteiger partial charge in [-0.05, 0) is 130 Å². The summed E-state index contributed by atoms with van der Waals surface area (Å²) in [7, 11) is 1.74. The van der Waals surface area contributed by atoms with E-state index < -0.39 is 5.60 Å². The summed E-state index contributed by atoms with van der Waals surface area (Å²) in [5, 5.41) is 39.6. The van der Waals surface area contributed by atoms with E-state index in [9.17, 15) is 5.11 Å². The lowest BCUT2D eigenvalue weighted by atomic mass is 9.93. The molecule has 10 aromatic rings. The summed E-state index contributed by atoms with van der Waals surface area (Å²) in [5.41, 5.74) is 9.25. The number of nitrogens with one attached hydrogen (secondary N) is 3. The monoisotopic (exact) mass is 1010 g/mol. The molecule has 0 unspecified atom stereocenters. The number of ether oxygens (including phenoxy) is 3. The van der Waals surface area contributed by atoms with Gasteiger partial charge in [0.15, 0.2) is 22.9 Å².